The van der Waals surface area contributed by atoms with Gasteiger partial charge in [-0.05, 0) is 119 Å². The number of hydrogen-bond acceptors (Lipinski definition) is 20. The number of benzene rings is 6. The van der Waals surface area contributed by atoms with Crippen molar-refractivity contribution < 1.29 is 101 Å². The summed E-state index contributed by atoms with van der Waals surface area (Å²) in [6.45, 7) is 2.34. The predicted octanol–water partition coefficient (Wildman–Crippen LogP) is 8.10. The fourth-order valence-corrected chi connectivity index (χ4v) is 12.2. The van der Waals surface area contributed by atoms with Crippen LogP contribution in [0.25, 0.3) is 0 Å². The minimum absolute atomic E-state index is 0.0629. The minimum Gasteiger partial charge on any atom is -0.744 e. The lowest BCUT2D eigenvalue weighted by Crippen LogP contribution is -2.53. The Morgan fingerprint density at radius 1 is 0.446 bits per heavy atom. The van der Waals surface area contributed by atoms with Gasteiger partial charge in [0.05, 0.1) is 134 Å². The summed E-state index contributed by atoms with van der Waals surface area (Å²) in [7, 11) is 11.9. The van der Waals surface area contributed by atoms with Crippen LogP contribution in [0.3, 0.4) is 0 Å². The molecule has 0 spiro atoms. The van der Waals surface area contributed by atoms with Gasteiger partial charge in [-0.3, -0.25) is 9.59 Å². The number of carbonyl (C=O) groups is 2. The van der Waals surface area contributed by atoms with Gasteiger partial charge >= 0.3 is 11.9 Å². The van der Waals surface area contributed by atoms with Crippen molar-refractivity contribution >= 4 is 32.2 Å². The van der Waals surface area contributed by atoms with E-state index in [1.807, 2.05) is 48.5 Å². The maximum Gasteiger partial charge on any atom is 0.312 e. The van der Waals surface area contributed by atoms with Crippen molar-refractivity contribution in [1.82, 2.24) is 0 Å². The van der Waals surface area contributed by atoms with Gasteiger partial charge in [0.1, 0.15) is 32.3 Å². The molecule has 24 heteroatoms. The van der Waals surface area contributed by atoms with Crippen molar-refractivity contribution in [3.63, 3.8) is 0 Å². The predicted molar refractivity (Wildman–Crippen MR) is 339 cm³/mol. The van der Waals surface area contributed by atoms with Crippen molar-refractivity contribution in [2.75, 3.05) is 125 Å². The van der Waals surface area contributed by atoms with Gasteiger partial charge in [-0.15, -0.1) is 0 Å². The van der Waals surface area contributed by atoms with E-state index in [0.29, 0.717) is 92.4 Å². The molecule has 0 bridgehead atoms. The van der Waals surface area contributed by atoms with Crippen molar-refractivity contribution in [2.24, 2.45) is 0 Å². The van der Waals surface area contributed by atoms with Gasteiger partial charge in [0, 0.05) is 36.8 Å². The number of carbonyl (C=O) groups excluding carboxylic acids is 2. The number of methoxy groups -OCH3 is 10. The lowest BCUT2D eigenvalue weighted by atomic mass is 9.86. The van der Waals surface area contributed by atoms with E-state index in [1.165, 1.54) is 48.5 Å². The van der Waals surface area contributed by atoms with Gasteiger partial charge < -0.3 is 74.9 Å². The van der Waals surface area contributed by atoms with E-state index >= 15 is 0 Å². The summed E-state index contributed by atoms with van der Waals surface area (Å²) >= 11 is 0. The summed E-state index contributed by atoms with van der Waals surface area (Å²) in [5.41, 5.74) is 6.52. The van der Waals surface area contributed by atoms with Crippen LogP contribution in [-0.4, -0.2) is 171 Å². The monoisotopic (exact) mass is 1310 g/mol. The maximum absolute atomic E-state index is 13.2. The largest absolute Gasteiger partial charge is 0.744 e. The Hall–Kier alpha value is -8.88. The molecule has 2 aliphatic rings. The molecule has 6 aromatic carbocycles. The van der Waals surface area contributed by atoms with Crippen LogP contribution in [-0.2, 0) is 65.0 Å². The first-order valence-electron chi connectivity index (χ1n) is 29.0. The quantitative estimate of drug-likeness (QED) is 0.0240. The molecular formula is C68H80N2O20S2. The third-order valence-electron chi connectivity index (χ3n) is 16.2. The summed E-state index contributed by atoms with van der Waals surface area (Å²) in [4.78, 5) is 26.0. The highest BCUT2D eigenvalue weighted by Gasteiger charge is 2.42. The van der Waals surface area contributed by atoms with Crippen LogP contribution in [0.5, 0.6) is 57.5 Å². The van der Waals surface area contributed by atoms with Crippen LogP contribution in [0.2, 0.25) is 0 Å². The molecule has 6 aromatic rings. The third kappa shape index (κ3) is 18.9. The molecule has 494 valence electrons. The molecule has 2 heterocycles. The molecule has 2 aliphatic heterocycles. The molecule has 0 radical (unpaired) electrons. The second-order valence-electron chi connectivity index (χ2n) is 21.6. The molecule has 0 aromatic heterocycles. The first-order chi connectivity index (χ1) is 44.0. The van der Waals surface area contributed by atoms with Crippen molar-refractivity contribution in [3.8, 4) is 81.2 Å². The fraction of sp³-hybridized carbons (Fsp3) is 0.382. The first kappa shape index (κ1) is 72.2. The van der Waals surface area contributed by atoms with Crippen LogP contribution in [0.15, 0.2) is 119 Å². The Morgan fingerprint density at radius 3 is 1.02 bits per heavy atom. The smallest absolute Gasteiger partial charge is 0.312 e. The highest BCUT2D eigenvalue weighted by Crippen LogP contribution is 2.47. The molecule has 0 fully saturated rings. The number of fused-ring (bicyclic) bond motifs is 2. The lowest BCUT2D eigenvalue weighted by Gasteiger charge is -2.46. The zero-order valence-corrected chi connectivity index (χ0v) is 55.5. The van der Waals surface area contributed by atoms with Gasteiger partial charge in [0.15, 0.2) is 59.2 Å². The average molecular weight is 1310 g/mol. The summed E-state index contributed by atoms with van der Waals surface area (Å²) in [6, 6.07) is 30.3. The zero-order valence-electron chi connectivity index (χ0n) is 53.9. The second kappa shape index (κ2) is 33.4. The van der Waals surface area contributed by atoms with Crippen LogP contribution in [0.4, 0.5) is 0 Å². The molecule has 4 atom stereocenters. The molecule has 0 amide bonds. The van der Waals surface area contributed by atoms with Crippen molar-refractivity contribution in [1.29, 1.82) is 0 Å². The Bertz CT molecular complexity index is 3560. The summed E-state index contributed by atoms with van der Waals surface area (Å²) in [6.07, 6.45) is 3.14. The molecule has 0 N–H and O–H groups in total. The fourth-order valence-electron chi connectivity index (χ4n) is 11.2. The number of esters is 2. The Kier molecular flexibility index (Phi) is 26.2. The molecule has 0 saturated carbocycles. The summed E-state index contributed by atoms with van der Waals surface area (Å²) < 4.78 is 131. The Morgan fingerprint density at radius 2 is 0.750 bits per heavy atom. The van der Waals surface area contributed by atoms with Gasteiger partial charge in [-0.1, -0.05) is 36.4 Å². The molecule has 22 nitrogen and oxygen atoms in total. The second-order valence-corrected chi connectivity index (χ2v) is 24.4. The SMILES string of the molecule is COc1cc2c(cc1OC)[C@@H](Cc1cc(OC)c(OC)c(OC)c1)[N+](C)(CCC(=O)OCC#CC#CCOC(=O)CC[N+]1(C)CCc3cc(OC)c(OC)cc3[C@H]1Cc1cc(OC)c(OC)c(OC)c1)CC2.O=S(=O)([O-])c1ccccc1.O=S(=O)([O-])c1ccccc1. The standard InChI is InChI=1S/C56H70N2O14.2C6H6O3S/c1-57(21-17-39-33-45(61-3)47(63-5)35-41(39)43(57)27-37-29-49(65-7)55(69-11)50(30-37)66-8)23-19-53(59)71-25-15-13-14-16-26-72-54(60)20-24-58(2)22-18-40-34-46(62-4)48(64-6)36-42(40)44(58)28-38-31-51(67-9)56(70-12)52(32-38)68-10;2*7-10(8,9)6-4-2-1-3-5-6/h29-36,43-44H,17-28H2,1-12H3;2*1-5H,(H,7,8,9)/q+2;;/p-2/t43-,44-,57?,58?;;/m1../s1. The Balaban J connectivity index is 0.000000567. The highest BCUT2D eigenvalue weighted by molar-refractivity contribution is 7.86. The van der Waals surface area contributed by atoms with Crippen LogP contribution >= 0.6 is 0 Å². The topological polar surface area (TPSA) is 259 Å². The minimum atomic E-state index is -4.25. The van der Waals surface area contributed by atoms with Gasteiger partial charge in [0.25, 0.3) is 0 Å². The van der Waals surface area contributed by atoms with Crippen molar-refractivity contribution in [2.45, 2.75) is 60.4 Å². The third-order valence-corrected chi connectivity index (χ3v) is 17.9. The summed E-state index contributed by atoms with van der Waals surface area (Å²) in [5.74, 6) is 16.2. The van der Waals surface area contributed by atoms with Gasteiger partial charge in [-0.25, -0.2) is 16.8 Å². The number of hydrogen-bond donors (Lipinski definition) is 0. The van der Waals surface area contributed by atoms with E-state index in [0.717, 1.165) is 59.3 Å². The summed E-state index contributed by atoms with van der Waals surface area (Å²) in [5, 5.41) is 0. The van der Waals surface area contributed by atoms with E-state index in [-0.39, 0.29) is 59.9 Å². The number of nitrogens with zero attached hydrogens (tertiary/aromatic N) is 2. The van der Waals surface area contributed by atoms with E-state index in [1.54, 1.807) is 83.2 Å². The Labute approximate surface area is 539 Å². The number of rotatable bonds is 24. The zero-order chi connectivity index (χ0) is 67.2. The van der Waals surface area contributed by atoms with Crippen LogP contribution in [0, 0.1) is 23.7 Å². The van der Waals surface area contributed by atoms with Gasteiger partial charge in [-0.2, -0.15) is 0 Å². The molecule has 8 rings (SSSR count). The average Bonchev–Trinajstić information content (AvgIpc) is 0.778. The highest BCUT2D eigenvalue weighted by atomic mass is 32.2. The molecular weight excluding hydrogens is 1230 g/mol. The van der Waals surface area contributed by atoms with Gasteiger partial charge in [0.2, 0.25) is 11.5 Å². The van der Waals surface area contributed by atoms with E-state index in [4.69, 9.17) is 56.8 Å². The number of likely N-dealkylation sites (N-methyl/N-ethyl adjacent to an activating group) is 2. The van der Waals surface area contributed by atoms with E-state index < -0.39 is 20.2 Å². The first-order valence-corrected chi connectivity index (χ1v) is 31.8. The van der Waals surface area contributed by atoms with E-state index in [2.05, 4.69) is 37.8 Å². The number of ether oxygens (including phenoxy) is 12. The molecule has 92 heavy (non-hydrogen) atoms. The van der Waals surface area contributed by atoms with Crippen LogP contribution < -0.4 is 47.4 Å². The van der Waals surface area contributed by atoms with E-state index in [9.17, 15) is 35.5 Å². The maximum atomic E-state index is 13.2. The molecule has 0 aliphatic carbocycles. The molecule has 2 unspecified atom stereocenters. The molecule has 0 saturated heterocycles. The van der Waals surface area contributed by atoms with Crippen LogP contribution in [0.1, 0.15) is 58.3 Å². The number of quaternary nitrogens is 2. The van der Waals surface area contributed by atoms with Crippen molar-refractivity contribution in [3.05, 3.63) is 143 Å². The normalized spacial score (nSPS) is 16.9. The lowest BCUT2D eigenvalue weighted by molar-refractivity contribution is -0.940.